The van der Waals surface area contributed by atoms with Crippen molar-refractivity contribution in [1.29, 1.82) is 0 Å². The Morgan fingerprint density at radius 1 is 0.917 bits per heavy atom. The molecule has 1 saturated heterocycles. The van der Waals surface area contributed by atoms with Crippen LogP contribution in [-0.2, 0) is 17.8 Å². The average molecular weight is 340 g/mol. The van der Waals surface area contributed by atoms with Crippen molar-refractivity contribution in [3.8, 4) is 0 Å². The molecule has 5 heteroatoms. The van der Waals surface area contributed by atoms with Gasteiger partial charge >= 0.3 is 6.03 Å². The Kier molecular flexibility index (Phi) is 5.20. The highest BCUT2D eigenvalue weighted by Crippen LogP contribution is 2.21. The molecule has 1 unspecified atom stereocenters. The Morgan fingerprint density at radius 2 is 1.50 bits per heavy atom. The normalized spacial score (nSPS) is 15.9. The first kappa shape index (κ1) is 16.6. The summed E-state index contributed by atoms with van der Waals surface area (Å²) in [6.45, 7) is 0.567. The van der Waals surface area contributed by atoms with Crippen LogP contribution in [0.4, 0.5) is 4.79 Å². The number of thiol groups is 1. The van der Waals surface area contributed by atoms with Gasteiger partial charge in [0.25, 0.3) is 5.91 Å². The van der Waals surface area contributed by atoms with Gasteiger partial charge in [0.1, 0.15) is 6.54 Å². The highest BCUT2D eigenvalue weighted by Gasteiger charge is 2.39. The molecule has 0 radical (unpaired) electrons. The van der Waals surface area contributed by atoms with Crippen molar-refractivity contribution in [1.82, 2.24) is 9.80 Å². The monoisotopic (exact) mass is 340 g/mol. The van der Waals surface area contributed by atoms with Gasteiger partial charge in [0.2, 0.25) is 0 Å². The topological polar surface area (TPSA) is 40.6 Å². The summed E-state index contributed by atoms with van der Waals surface area (Å²) >= 11 is 4.50. The van der Waals surface area contributed by atoms with E-state index < -0.39 is 5.37 Å². The highest BCUT2D eigenvalue weighted by molar-refractivity contribution is 7.80. The predicted molar refractivity (Wildman–Crippen MR) is 96.6 cm³/mol. The van der Waals surface area contributed by atoms with Crippen molar-refractivity contribution in [3.63, 3.8) is 0 Å². The van der Waals surface area contributed by atoms with E-state index >= 15 is 0 Å². The molecule has 1 fully saturated rings. The molecule has 2 aromatic carbocycles. The van der Waals surface area contributed by atoms with Gasteiger partial charge in [0.15, 0.2) is 0 Å². The fourth-order valence-electron chi connectivity index (χ4n) is 2.86. The van der Waals surface area contributed by atoms with E-state index in [-0.39, 0.29) is 18.5 Å². The Balaban J connectivity index is 1.61. The third-order valence-electron chi connectivity index (χ3n) is 4.12. The van der Waals surface area contributed by atoms with Gasteiger partial charge in [-0.25, -0.2) is 4.79 Å². The highest BCUT2D eigenvalue weighted by atomic mass is 32.1. The SMILES string of the molecule is O=C1CN(Cc2ccccc2)C(=O)N1C(S)CCc1ccccc1. The average Bonchev–Trinajstić information content (AvgIpc) is 2.88. The lowest BCUT2D eigenvalue weighted by molar-refractivity contribution is -0.125. The van der Waals surface area contributed by atoms with E-state index in [9.17, 15) is 9.59 Å². The van der Waals surface area contributed by atoms with Gasteiger partial charge in [-0.2, -0.15) is 12.6 Å². The van der Waals surface area contributed by atoms with Crippen molar-refractivity contribution < 1.29 is 9.59 Å². The number of urea groups is 1. The first-order chi connectivity index (χ1) is 11.6. The standard InChI is InChI=1S/C19H20N2O2S/c22-17-14-20(13-16-9-5-2-6-10-16)19(23)21(17)18(24)12-11-15-7-3-1-4-8-15/h1-10,18,24H,11-14H2. The molecule has 1 heterocycles. The van der Waals surface area contributed by atoms with Gasteiger partial charge in [-0.3, -0.25) is 9.69 Å². The zero-order valence-corrected chi connectivity index (χ0v) is 14.2. The summed E-state index contributed by atoms with van der Waals surface area (Å²) in [5.41, 5.74) is 2.19. The number of rotatable bonds is 6. The third-order valence-corrected chi connectivity index (χ3v) is 4.61. The molecule has 1 aliphatic heterocycles. The summed E-state index contributed by atoms with van der Waals surface area (Å²) in [4.78, 5) is 27.7. The fourth-order valence-corrected chi connectivity index (χ4v) is 3.21. The number of carbonyl (C=O) groups is 2. The molecule has 3 rings (SSSR count). The number of imide groups is 1. The molecule has 3 amide bonds. The molecule has 24 heavy (non-hydrogen) atoms. The minimum atomic E-state index is -0.397. The van der Waals surface area contributed by atoms with Crippen LogP contribution in [0.3, 0.4) is 0 Å². The third kappa shape index (κ3) is 3.79. The lowest BCUT2D eigenvalue weighted by atomic mass is 10.1. The molecule has 0 saturated carbocycles. The molecular weight excluding hydrogens is 320 g/mol. The number of amides is 3. The van der Waals surface area contributed by atoms with Crippen LogP contribution in [0.15, 0.2) is 60.7 Å². The van der Waals surface area contributed by atoms with Gasteiger partial charge in [-0.1, -0.05) is 60.7 Å². The minimum absolute atomic E-state index is 0.121. The maximum absolute atomic E-state index is 12.6. The Bertz CT molecular complexity index is 706. The number of hydrogen-bond donors (Lipinski definition) is 1. The van der Waals surface area contributed by atoms with Crippen LogP contribution < -0.4 is 0 Å². The molecule has 0 aromatic heterocycles. The van der Waals surface area contributed by atoms with Gasteiger partial charge in [0, 0.05) is 6.54 Å². The Hall–Kier alpha value is -2.27. The maximum atomic E-state index is 12.6. The van der Waals surface area contributed by atoms with Crippen LogP contribution >= 0.6 is 12.6 Å². The molecule has 0 spiro atoms. The predicted octanol–water partition coefficient (Wildman–Crippen LogP) is 3.34. The summed E-state index contributed by atoms with van der Waals surface area (Å²) in [5.74, 6) is -0.177. The van der Waals surface area contributed by atoms with E-state index in [4.69, 9.17) is 0 Å². The molecule has 0 aliphatic carbocycles. The zero-order chi connectivity index (χ0) is 16.9. The van der Waals surface area contributed by atoms with E-state index in [2.05, 4.69) is 12.6 Å². The zero-order valence-electron chi connectivity index (χ0n) is 13.3. The van der Waals surface area contributed by atoms with Crippen molar-refractivity contribution in [2.24, 2.45) is 0 Å². The number of hydrogen-bond acceptors (Lipinski definition) is 3. The summed E-state index contributed by atoms with van der Waals surface area (Å²) in [5, 5.41) is -0.397. The lowest BCUT2D eigenvalue weighted by Gasteiger charge is -2.22. The molecule has 2 aromatic rings. The van der Waals surface area contributed by atoms with E-state index in [1.54, 1.807) is 4.90 Å². The van der Waals surface area contributed by atoms with Crippen molar-refractivity contribution in [2.75, 3.05) is 6.54 Å². The molecule has 0 bridgehead atoms. The second-order valence-electron chi connectivity index (χ2n) is 5.89. The van der Waals surface area contributed by atoms with Crippen LogP contribution in [-0.4, -0.2) is 33.7 Å². The molecule has 1 aliphatic rings. The fraction of sp³-hybridized carbons (Fsp3) is 0.263. The van der Waals surface area contributed by atoms with Crippen molar-refractivity contribution in [2.45, 2.75) is 24.8 Å². The molecule has 0 N–H and O–H groups in total. The van der Waals surface area contributed by atoms with Crippen LogP contribution in [0.1, 0.15) is 17.5 Å². The second kappa shape index (κ2) is 7.53. The molecule has 124 valence electrons. The second-order valence-corrected chi connectivity index (χ2v) is 6.49. The minimum Gasteiger partial charge on any atom is -0.311 e. The summed E-state index contributed by atoms with van der Waals surface area (Å²) in [6, 6.07) is 19.4. The van der Waals surface area contributed by atoms with E-state index in [1.807, 2.05) is 60.7 Å². The van der Waals surface area contributed by atoms with Crippen molar-refractivity contribution >= 4 is 24.6 Å². The summed E-state index contributed by atoms with van der Waals surface area (Å²) in [7, 11) is 0. The van der Waals surface area contributed by atoms with Crippen molar-refractivity contribution in [3.05, 3.63) is 71.8 Å². The molecular formula is C19H20N2O2S. The number of nitrogens with zero attached hydrogens (tertiary/aromatic N) is 2. The van der Waals surface area contributed by atoms with Crippen LogP contribution in [0.5, 0.6) is 0 Å². The molecule has 4 nitrogen and oxygen atoms in total. The van der Waals surface area contributed by atoms with Gasteiger partial charge in [0.05, 0.1) is 5.37 Å². The quantitative estimate of drug-likeness (QED) is 0.647. The number of benzene rings is 2. The first-order valence-corrected chi connectivity index (χ1v) is 8.53. The van der Waals surface area contributed by atoms with Crippen LogP contribution in [0.25, 0.3) is 0 Å². The maximum Gasteiger partial charge on any atom is 0.328 e. The summed E-state index contributed by atoms with van der Waals surface area (Å²) < 4.78 is 0. The summed E-state index contributed by atoms with van der Waals surface area (Å²) in [6.07, 6.45) is 1.43. The van der Waals surface area contributed by atoms with Gasteiger partial charge in [-0.05, 0) is 24.0 Å². The van der Waals surface area contributed by atoms with Gasteiger partial charge in [-0.15, -0.1) is 0 Å². The van der Waals surface area contributed by atoms with Gasteiger partial charge < -0.3 is 4.90 Å². The number of aryl methyl sites for hydroxylation is 1. The van der Waals surface area contributed by atoms with Crippen LogP contribution in [0.2, 0.25) is 0 Å². The Labute approximate surface area is 147 Å². The van der Waals surface area contributed by atoms with E-state index in [1.165, 1.54) is 10.5 Å². The smallest absolute Gasteiger partial charge is 0.311 e. The lowest BCUT2D eigenvalue weighted by Crippen LogP contribution is -2.38. The Morgan fingerprint density at radius 3 is 2.12 bits per heavy atom. The van der Waals surface area contributed by atoms with Crippen LogP contribution in [0, 0.1) is 0 Å². The van der Waals surface area contributed by atoms with E-state index in [0.29, 0.717) is 13.0 Å². The largest absolute Gasteiger partial charge is 0.328 e. The number of carbonyl (C=O) groups excluding carboxylic acids is 2. The molecule has 1 atom stereocenters. The first-order valence-electron chi connectivity index (χ1n) is 8.02. The van der Waals surface area contributed by atoms with E-state index in [0.717, 1.165) is 12.0 Å².